The van der Waals surface area contributed by atoms with Gasteiger partial charge in [0, 0.05) is 6.08 Å². The summed E-state index contributed by atoms with van der Waals surface area (Å²) in [6.07, 6.45) is 3.76. The van der Waals surface area contributed by atoms with Gasteiger partial charge in [0.05, 0.1) is 17.7 Å². The lowest BCUT2D eigenvalue weighted by Crippen LogP contribution is -2.23. The number of carboxylic acid groups (broad SMARTS) is 1. The van der Waals surface area contributed by atoms with Crippen molar-refractivity contribution in [3.8, 4) is 0 Å². The second kappa shape index (κ2) is 6.59. The van der Waals surface area contributed by atoms with Gasteiger partial charge in [0.1, 0.15) is 5.76 Å². The van der Waals surface area contributed by atoms with Gasteiger partial charge < -0.3 is 9.52 Å². The van der Waals surface area contributed by atoms with Crippen LogP contribution in [0.15, 0.2) is 52.0 Å². The van der Waals surface area contributed by atoms with Crippen LogP contribution in [-0.2, 0) is 21.4 Å². The molecule has 0 aliphatic rings. The van der Waals surface area contributed by atoms with Crippen LogP contribution in [0.5, 0.6) is 0 Å². The largest absolute Gasteiger partial charge is 0.478 e. The molecule has 6 nitrogen and oxygen atoms in total. The van der Waals surface area contributed by atoms with Gasteiger partial charge in [-0.1, -0.05) is 12.1 Å². The Kier molecular flexibility index (Phi) is 4.79. The Bertz CT molecular complexity index is 791. The van der Waals surface area contributed by atoms with Crippen LogP contribution in [0, 0.1) is 6.92 Å². The van der Waals surface area contributed by atoms with Crippen LogP contribution in [0.25, 0.3) is 6.08 Å². The number of sulfonamides is 1. The van der Waals surface area contributed by atoms with Crippen LogP contribution in [0.3, 0.4) is 0 Å². The molecular weight excluding hydrogens is 306 g/mol. The van der Waals surface area contributed by atoms with E-state index in [-0.39, 0.29) is 11.4 Å². The highest BCUT2D eigenvalue weighted by Crippen LogP contribution is 2.18. The van der Waals surface area contributed by atoms with Crippen molar-refractivity contribution >= 4 is 22.1 Å². The summed E-state index contributed by atoms with van der Waals surface area (Å²) >= 11 is 0. The third kappa shape index (κ3) is 4.06. The van der Waals surface area contributed by atoms with Gasteiger partial charge in [0.15, 0.2) is 0 Å². The van der Waals surface area contributed by atoms with E-state index >= 15 is 0 Å². The van der Waals surface area contributed by atoms with Crippen LogP contribution in [0.4, 0.5) is 0 Å². The SMILES string of the molecule is Cc1ccc(/C=C/C(=O)O)cc1S(=O)(=O)NCc1ccco1. The highest BCUT2D eigenvalue weighted by molar-refractivity contribution is 7.89. The smallest absolute Gasteiger partial charge is 0.328 e. The molecule has 0 spiro atoms. The molecule has 0 amide bonds. The molecular formula is C15H15NO5S. The van der Waals surface area contributed by atoms with Crippen LogP contribution >= 0.6 is 0 Å². The van der Waals surface area contributed by atoms with Crippen molar-refractivity contribution in [1.82, 2.24) is 4.72 Å². The lowest BCUT2D eigenvalue weighted by atomic mass is 10.1. The first-order chi connectivity index (χ1) is 10.4. The molecule has 0 fully saturated rings. The molecule has 0 radical (unpaired) electrons. The maximum Gasteiger partial charge on any atom is 0.328 e. The number of hydrogen-bond acceptors (Lipinski definition) is 4. The van der Waals surface area contributed by atoms with Crippen molar-refractivity contribution in [2.24, 2.45) is 0 Å². The van der Waals surface area contributed by atoms with Gasteiger partial charge in [-0.05, 0) is 42.3 Å². The first-order valence-corrected chi connectivity index (χ1v) is 7.90. The molecule has 0 bridgehead atoms. The maximum atomic E-state index is 12.3. The summed E-state index contributed by atoms with van der Waals surface area (Å²) in [5.41, 5.74) is 1.06. The third-order valence-electron chi connectivity index (χ3n) is 2.94. The first kappa shape index (κ1) is 16.0. The van der Waals surface area contributed by atoms with Gasteiger partial charge in [-0.2, -0.15) is 0 Å². The minimum absolute atomic E-state index is 0.0456. The summed E-state index contributed by atoms with van der Waals surface area (Å²) in [6, 6.07) is 8.05. The summed E-state index contributed by atoms with van der Waals surface area (Å²) < 4.78 is 32.2. The molecule has 0 saturated carbocycles. The van der Waals surface area contributed by atoms with Crippen LogP contribution in [0.2, 0.25) is 0 Å². The molecule has 0 aliphatic heterocycles. The monoisotopic (exact) mass is 321 g/mol. The fourth-order valence-corrected chi connectivity index (χ4v) is 3.11. The number of benzene rings is 1. The predicted molar refractivity (Wildman–Crippen MR) is 80.6 cm³/mol. The van der Waals surface area contributed by atoms with Gasteiger partial charge in [0.2, 0.25) is 10.0 Å². The minimum Gasteiger partial charge on any atom is -0.478 e. The lowest BCUT2D eigenvalue weighted by molar-refractivity contribution is -0.131. The first-order valence-electron chi connectivity index (χ1n) is 6.42. The Morgan fingerprint density at radius 2 is 2.14 bits per heavy atom. The van der Waals surface area contributed by atoms with E-state index < -0.39 is 16.0 Å². The average molecular weight is 321 g/mol. The number of rotatable bonds is 6. The Morgan fingerprint density at radius 1 is 1.36 bits per heavy atom. The van der Waals surface area contributed by atoms with E-state index in [1.165, 1.54) is 18.4 Å². The highest BCUT2D eigenvalue weighted by atomic mass is 32.2. The summed E-state index contributed by atoms with van der Waals surface area (Å²) in [7, 11) is -3.72. The van der Waals surface area contributed by atoms with Crippen molar-refractivity contribution in [3.63, 3.8) is 0 Å². The van der Waals surface area contributed by atoms with Crippen molar-refractivity contribution < 1.29 is 22.7 Å². The van der Waals surface area contributed by atoms with Crippen LogP contribution in [0.1, 0.15) is 16.9 Å². The fourth-order valence-electron chi connectivity index (χ4n) is 1.83. The number of furan rings is 1. The molecule has 1 aromatic heterocycles. The Hall–Kier alpha value is -2.38. The average Bonchev–Trinajstić information content (AvgIpc) is 2.97. The van der Waals surface area contributed by atoms with Gasteiger partial charge in [-0.25, -0.2) is 17.9 Å². The van der Waals surface area contributed by atoms with Gasteiger partial charge in [0.25, 0.3) is 0 Å². The van der Waals surface area contributed by atoms with E-state index in [1.54, 1.807) is 31.2 Å². The van der Waals surface area contributed by atoms with E-state index in [0.29, 0.717) is 16.9 Å². The zero-order valence-corrected chi connectivity index (χ0v) is 12.6. The lowest BCUT2D eigenvalue weighted by Gasteiger charge is -2.09. The molecule has 0 atom stereocenters. The van der Waals surface area contributed by atoms with Crippen LogP contribution in [-0.4, -0.2) is 19.5 Å². The van der Waals surface area contributed by atoms with Gasteiger partial charge in [-0.15, -0.1) is 0 Å². The minimum atomic E-state index is -3.72. The molecule has 2 rings (SSSR count). The number of aryl methyl sites for hydroxylation is 1. The van der Waals surface area contributed by atoms with Gasteiger partial charge in [-0.3, -0.25) is 0 Å². The van der Waals surface area contributed by atoms with Crippen molar-refractivity contribution in [2.75, 3.05) is 0 Å². The molecule has 2 N–H and O–H groups in total. The van der Waals surface area contributed by atoms with Crippen LogP contribution < -0.4 is 4.72 Å². The summed E-state index contributed by atoms with van der Waals surface area (Å²) in [6.45, 7) is 1.72. The number of carboxylic acids is 1. The zero-order chi connectivity index (χ0) is 16.2. The summed E-state index contributed by atoms with van der Waals surface area (Å²) in [5.74, 6) is -0.593. The quantitative estimate of drug-likeness (QED) is 0.795. The van der Waals surface area contributed by atoms with Crippen molar-refractivity contribution in [2.45, 2.75) is 18.4 Å². The van der Waals surface area contributed by atoms with E-state index in [4.69, 9.17) is 9.52 Å². The molecule has 0 saturated heterocycles. The van der Waals surface area contributed by atoms with Crippen molar-refractivity contribution in [3.05, 3.63) is 59.6 Å². The number of aliphatic carboxylic acids is 1. The van der Waals surface area contributed by atoms with E-state index in [1.807, 2.05) is 0 Å². The van der Waals surface area contributed by atoms with E-state index in [9.17, 15) is 13.2 Å². The normalized spacial score (nSPS) is 11.9. The van der Waals surface area contributed by atoms with Crippen molar-refractivity contribution in [1.29, 1.82) is 0 Å². The molecule has 0 unspecified atom stereocenters. The number of nitrogens with one attached hydrogen (secondary N) is 1. The second-order valence-corrected chi connectivity index (χ2v) is 6.34. The van der Waals surface area contributed by atoms with E-state index in [2.05, 4.69) is 4.72 Å². The topological polar surface area (TPSA) is 96.6 Å². The molecule has 1 heterocycles. The summed E-state index contributed by atoms with van der Waals surface area (Å²) in [5, 5.41) is 8.62. The standard InChI is InChI=1S/C15H15NO5S/c1-11-4-5-12(6-7-15(17)18)9-14(11)22(19,20)16-10-13-3-2-8-21-13/h2-9,16H,10H2,1H3,(H,17,18)/b7-6+. The molecule has 7 heteroatoms. The number of carbonyl (C=O) groups is 1. The predicted octanol–water partition coefficient (Wildman–Crippen LogP) is 2.16. The molecule has 0 aliphatic carbocycles. The highest BCUT2D eigenvalue weighted by Gasteiger charge is 2.17. The molecule has 22 heavy (non-hydrogen) atoms. The maximum absolute atomic E-state index is 12.3. The molecule has 1 aromatic carbocycles. The zero-order valence-electron chi connectivity index (χ0n) is 11.8. The fraction of sp³-hybridized carbons (Fsp3) is 0.133. The molecule has 116 valence electrons. The Balaban J connectivity index is 2.25. The summed E-state index contributed by atoms with van der Waals surface area (Å²) in [4.78, 5) is 10.6. The third-order valence-corrected chi connectivity index (χ3v) is 4.48. The Labute approximate surface area is 128 Å². The van der Waals surface area contributed by atoms with E-state index in [0.717, 1.165) is 6.08 Å². The number of hydrogen-bond donors (Lipinski definition) is 2. The second-order valence-electron chi connectivity index (χ2n) is 4.60. The molecule has 2 aromatic rings. The van der Waals surface area contributed by atoms with Gasteiger partial charge >= 0.3 is 5.97 Å². The Morgan fingerprint density at radius 3 is 2.77 bits per heavy atom.